The molecular formula is C48H37NO. The monoisotopic (exact) mass is 643 g/mol. The van der Waals surface area contributed by atoms with Crippen LogP contribution in [-0.2, 0) is 10.8 Å². The highest BCUT2D eigenvalue weighted by Crippen LogP contribution is 2.58. The summed E-state index contributed by atoms with van der Waals surface area (Å²) in [5.41, 5.74) is 18.3. The molecule has 0 radical (unpaired) electrons. The van der Waals surface area contributed by atoms with Gasteiger partial charge < -0.3 is 9.32 Å². The van der Waals surface area contributed by atoms with Crippen LogP contribution in [0.5, 0.6) is 0 Å². The van der Waals surface area contributed by atoms with E-state index in [1.165, 1.54) is 50.2 Å². The van der Waals surface area contributed by atoms with E-state index in [0.29, 0.717) is 0 Å². The van der Waals surface area contributed by atoms with Gasteiger partial charge in [-0.3, -0.25) is 0 Å². The second-order valence-electron chi connectivity index (χ2n) is 14.9. The average Bonchev–Trinajstić information content (AvgIpc) is 3.72. The number of hydrogen-bond acceptors (Lipinski definition) is 2. The molecule has 240 valence electrons. The number of rotatable bonds is 4. The summed E-state index contributed by atoms with van der Waals surface area (Å²) in [4.78, 5) is 2.43. The van der Waals surface area contributed by atoms with E-state index in [9.17, 15) is 0 Å². The molecule has 10 rings (SSSR count). The Bertz CT molecular complexity index is 2640. The smallest absolute Gasteiger partial charge is 0.143 e. The van der Waals surface area contributed by atoms with Gasteiger partial charge in [0, 0.05) is 44.1 Å². The van der Waals surface area contributed by atoms with Crippen LogP contribution in [-0.4, -0.2) is 0 Å². The Morgan fingerprint density at radius 2 is 1.04 bits per heavy atom. The number of benzene rings is 7. The van der Waals surface area contributed by atoms with Gasteiger partial charge in [0.05, 0.1) is 5.69 Å². The molecule has 0 bridgehead atoms. The van der Waals surface area contributed by atoms with Gasteiger partial charge >= 0.3 is 0 Å². The minimum absolute atomic E-state index is 0.0690. The van der Waals surface area contributed by atoms with Crippen molar-refractivity contribution in [2.24, 2.45) is 0 Å². The number of anilines is 3. The molecular weight excluding hydrogens is 607 g/mol. The number of furan rings is 1. The highest BCUT2D eigenvalue weighted by Gasteiger charge is 2.42. The van der Waals surface area contributed by atoms with E-state index in [-0.39, 0.29) is 10.8 Å². The van der Waals surface area contributed by atoms with Gasteiger partial charge in [0.25, 0.3) is 0 Å². The molecule has 0 amide bonds. The van der Waals surface area contributed by atoms with Gasteiger partial charge in [0.1, 0.15) is 11.2 Å². The van der Waals surface area contributed by atoms with Crippen molar-refractivity contribution in [1.29, 1.82) is 0 Å². The molecule has 7 aromatic carbocycles. The summed E-state index contributed by atoms with van der Waals surface area (Å²) >= 11 is 0. The predicted molar refractivity (Wildman–Crippen MR) is 209 cm³/mol. The zero-order chi connectivity index (χ0) is 33.8. The first kappa shape index (κ1) is 29.1. The van der Waals surface area contributed by atoms with Gasteiger partial charge in [-0.05, 0) is 93.0 Å². The summed E-state index contributed by atoms with van der Waals surface area (Å²) < 4.78 is 6.41. The molecule has 1 aromatic heterocycles. The minimum atomic E-state index is -0.144. The van der Waals surface area contributed by atoms with Crippen molar-refractivity contribution in [1.82, 2.24) is 0 Å². The van der Waals surface area contributed by atoms with Gasteiger partial charge in [-0.25, -0.2) is 0 Å². The summed E-state index contributed by atoms with van der Waals surface area (Å²) in [6.45, 7) is 9.53. The number of nitrogens with zero attached hydrogens (tertiary/aromatic N) is 1. The zero-order valence-electron chi connectivity index (χ0n) is 28.8. The maximum atomic E-state index is 6.41. The highest BCUT2D eigenvalue weighted by atomic mass is 16.3. The van der Waals surface area contributed by atoms with Crippen LogP contribution < -0.4 is 4.90 Å². The quantitative estimate of drug-likeness (QED) is 0.190. The Labute approximate surface area is 293 Å². The first-order valence-corrected chi connectivity index (χ1v) is 17.6. The fourth-order valence-electron chi connectivity index (χ4n) is 8.92. The molecule has 0 aliphatic heterocycles. The van der Waals surface area contributed by atoms with Crippen molar-refractivity contribution in [2.45, 2.75) is 38.5 Å². The molecule has 50 heavy (non-hydrogen) atoms. The Morgan fingerprint density at radius 1 is 0.440 bits per heavy atom. The van der Waals surface area contributed by atoms with Crippen LogP contribution in [0.3, 0.4) is 0 Å². The first-order chi connectivity index (χ1) is 24.3. The Kier molecular flexibility index (Phi) is 6.01. The van der Waals surface area contributed by atoms with Gasteiger partial charge in [-0.2, -0.15) is 0 Å². The fraction of sp³-hybridized carbons (Fsp3) is 0.125. The Hall–Kier alpha value is -5.86. The van der Waals surface area contributed by atoms with E-state index in [1.807, 2.05) is 12.1 Å². The standard InChI is InChI=1S/C48H37NO/c1-47(2)39-20-10-8-16-34(39)37-28-42-38(29-41(37)47)45-40(48(42,3)4)21-13-22-43(45)49(31-14-6-5-7-15-31)32-26-24-30(25-27-32)33-18-12-19-36-35-17-9-11-23-44(35)50-46(33)36/h5-29H,1-4H3. The lowest BCUT2D eigenvalue weighted by atomic mass is 9.79. The van der Waals surface area contributed by atoms with Crippen molar-refractivity contribution >= 4 is 39.0 Å². The summed E-state index contributed by atoms with van der Waals surface area (Å²) in [6, 6.07) is 55.4. The first-order valence-electron chi connectivity index (χ1n) is 17.6. The molecule has 0 fully saturated rings. The zero-order valence-corrected chi connectivity index (χ0v) is 28.8. The van der Waals surface area contributed by atoms with Crippen molar-refractivity contribution < 1.29 is 4.42 Å². The number of fused-ring (bicyclic) bond motifs is 9. The van der Waals surface area contributed by atoms with E-state index in [0.717, 1.165) is 44.4 Å². The predicted octanol–water partition coefficient (Wildman–Crippen LogP) is 13.3. The van der Waals surface area contributed by atoms with Crippen LogP contribution in [0.25, 0.3) is 55.3 Å². The minimum Gasteiger partial charge on any atom is -0.455 e. The highest BCUT2D eigenvalue weighted by molar-refractivity contribution is 6.09. The summed E-state index contributed by atoms with van der Waals surface area (Å²) in [5.74, 6) is 0. The third-order valence-corrected chi connectivity index (χ3v) is 11.5. The molecule has 8 aromatic rings. The molecule has 0 spiro atoms. The molecule has 1 heterocycles. The van der Waals surface area contributed by atoms with Gasteiger partial charge in [-0.1, -0.05) is 131 Å². The van der Waals surface area contributed by atoms with E-state index >= 15 is 0 Å². The van der Waals surface area contributed by atoms with Gasteiger partial charge in [0.15, 0.2) is 0 Å². The SMILES string of the molecule is CC1(C)c2ccccc2-c2cc3c(cc21)-c1c(N(c2ccccc2)c2ccc(-c4cccc5c4oc4ccccc45)cc2)cccc1C3(C)C. The lowest BCUT2D eigenvalue weighted by Gasteiger charge is -2.29. The van der Waals surface area contributed by atoms with Crippen LogP contribution in [0, 0.1) is 0 Å². The third kappa shape index (κ3) is 3.96. The summed E-state index contributed by atoms with van der Waals surface area (Å²) in [6.07, 6.45) is 0. The molecule has 0 unspecified atom stereocenters. The maximum absolute atomic E-state index is 6.41. The van der Waals surface area contributed by atoms with Crippen molar-refractivity contribution in [3.05, 3.63) is 174 Å². The Balaban J connectivity index is 1.15. The summed E-state index contributed by atoms with van der Waals surface area (Å²) in [5, 5.41) is 2.29. The largest absolute Gasteiger partial charge is 0.455 e. The maximum Gasteiger partial charge on any atom is 0.143 e. The molecule has 0 atom stereocenters. The number of hydrogen-bond donors (Lipinski definition) is 0. The number of para-hydroxylation sites is 3. The topological polar surface area (TPSA) is 16.4 Å². The van der Waals surface area contributed by atoms with Crippen LogP contribution in [0.4, 0.5) is 17.1 Å². The normalized spacial score (nSPS) is 14.7. The lowest BCUT2D eigenvalue weighted by Crippen LogP contribution is -2.17. The van der Waals surface area contributed by atoms with Crippen LogP contribution >= 0.6 is 0 Å². The van der Waals surface area contributed by atoms with Crippen molar-refractivity contribution in [3.63, 3.8) is 0 Å². The lowest BCUT2D eigenvalue weighted by molar-refractivity contribution is 0.652. The molecule has 2 heteroatoms. The molecule has 2 aliphatic carbocycles. The van der Waals surface area contributed by atoms with E-state index < -0.39 is 0 Å². The van der Waals surface area contributed by atoms with E-state index in [1.54, 1.807) is 0 Å². The van der Waals surface area contributed by atoms with E-state index in [2.05, 4.69) is 172 Å². The molecule has 2 aliphatic rings. The van der Waals surface area contributed by atoms with Crippen LogP contribution in [0.1, 0.15) is 49.9 Å². The second-order valence-corrected chi connectivity index (χ2v) is 14.9. The van der Waals surface area contributed by atoms with Gasteiger partial charge in [0.2, 0.25) is 0 Å². The molecule has 0 N–H and O–H groups in total. The molecule has 0 saturated heterocycles. The average molecular weight is 644 g/mol. The Morgan fingerprint density at radius 3 is 1.88 bits per heavy atom. The third-order valence-electron chi connectivity index (χ3n) is 11.5. The van der Waals surface area contributed by atoms with E-state index in [4.69, 9.17) is 4.42 Å². The van der Waals surface area contributed by atoms with Crippen LogP contribution in [0.15, 0.2) is 156 Å². The second kappa shape index (κ2) is 10.3. The molecule has 2 nitrogen and oxygen atoms in total. The fourth-order valence-corrected chi connectivity index (χ4v) is 8.92. The summed E-state index contributed by atoms with van der Waals surface area (Å²) in [7, 11) is 0. The van der Waals surface area contributed by atoms with Crippen molar-refractivity contribution in [3.8, 4) is 33.4 Å². The van der Waals surface area contributed by atoms with Crippen LogP contribution in [0.2, 0.25) is 0 Å². The van der Waals surface area contributed by atoms with Crippen molar-refractivity contribution in [2.75, 3.05) is 4.90 Å². The molecule has 0 saturated carbocycles. The van der Waals surface area contributed by atoms with Gasteiger partial charge in [-0.15, -0.1) is 0 Å².